The molecule has 5 rings (SSSR count). The number of nitrogen functional groups attached to an aromatic ring is 1. The topological polar surface area (TPSA) is 118 Å². The fraction of sp³-hybridized carbons (Fsp3) is 0.0714. The number of aromatic nitrogens is 2. The van der Waals surface area contributed by atoms with E-state index in [4.69, 9.17) is 10.8 Å². The molecule has 1 unspecified atom stereocenters. The number of nitrogens with zero attached hydrogens (tertiary/aromatic N) is 5. The van der Waals surface area contributed by atoms with Crippen molar-refractivity contribution in [3.63, 3.8) is 0 Å². The van der Waals surface area contributed by atoms with Crippen LogP contribution in [-0.2, 0) is 0 Å². The number of nitrogens with two attached hydrogens (primary N) is 1. The summed E-state index contributed by atoms with van der Waals surface area (Å²) in [7, 11) is 0. The molecule has 35 heavy (non-hydrogen) atoms. The van der Waals surface area contributed by atoms with Crippen LogP contribution < -0.4 is 10.7 Å². The van der Waals surface area contributed by atoms with Crippen LogP contribution in [-0.4, -0.2) is 15.9 Å². The van der Waals surface area contributed by atoms with Crippen LogP contribution in [0.3, 0.4) is 0 Å². The van der Waals surface area contributed by atoms with E-state index in [1.807, 2.05) is 66.7 Å². The van der Waals surface area contributed by atoms with E-state index in [1.165, 1.54) is 5.56 Å². The number of H-pyrrole nitrogens is 1. The molecular formula is C28H21N7. The molecule has 168 valence electrons. The largest absolute Gasteiger partial charge is 0.381 e. The van der Waals surface area contributed by atoms with Crippen molar-refractivity contribution < 1.29 is 0 Å². The summed E-state index contributed by atoms with van der Waals surface area (Å²) in [6.45, 7) is 0. The molecule has 0 bridgehead atoms. The minimum atomic E-state index is 0.0760. The lowest BCUT2D eigenvalue weighted by molar-refractivity contribution is 0.709. The Kier molecular flexibility index (Phi) is 5.82. The number of nitriles is 2. The summed E-state index contributed by atoms with van der Waals surface area (Å²) in [5.74, 6) is 0.0760. The number of hydrogen-bond donors (Lipinski definition) is 2. The fourth-order valence-corrected chi connectivity index (χ4v) is 4.20. The van der Waals surface area contributed by atoms with Gasteiger partial charge in [-0.2, -0.15) is 20.7 Å². The molecule has 0 saturated heterocycles. The van der Waals surface area contributed by atoms with E-state index in [0.717, 1.165) is 28.9 Å². The zero-order chi connectivity index (χ0) is 24.2. The molecule has 0 saturated carbocycles. The van der Waals surface area contributed by atoms with E-state index in [0.29, 0.717) is 5.69 Å². The van der Waals surface area contributed by atoms with E-state index in [9.17, 15) is 10.5 Å². The van der Waals surface area contributed by atoms with Gasteiger partial charge in [-0.05, 0) is 34.9 Å². The SMILES string of the molecule is N#CC(=Cc1ccc(N2N=C(c3ccccc3)CC2c2ccccc2)cc1)c1[nH]nc(N)c1C#N. The number of allylic oxidation sites excluding steroid dienone is 1. The molecule has 1 atom stereocenters. The first kappa shape index (κ1) is 21.7. The number of hydrazone groups is 1. The second kappa shape index (κ2) is 9.38. The van der Waals surface area contributed by atoms with Crippen LogP contribution in [0, 0.1) is 22.7 Å². The molecule has 1 aliphatic rings. The molecule has 4 aromatic rings. The molecule has 0 fully saturated rings. The van der Waals surface area contributed by atoms with Gasteiger partial charge in [0.2, 0.25) is 0 Å². The zero-order valence-electron chi connectivity index (χ0n) is 18.8. The summed E-state index contributed by atoms with van der Waals surface area (Å²) in [6, 6.07) is 32.6. The van der Waals surface area contributed by atoms with E-state index in [-0.39, 0.29) is 23.0 Å². The highest BCUT2D eigenvalue weighted by Crippen LogP contribution is 2.37. The van der Waals surface area contributed by atoms with Gasteiger partial charge in [-0.25, -0.2) is 0 Å². The Morgan fingerprint density at radius 1 is 0.971 bits per heavy atom. The average Bonchev–Trinajstić information content (AvgIpc) is 3.52. The average molecular weight is 456 g/mol. The molecular weight excluding hydrogens is 434 g/mol. The van der Waals surface area contributed by atoms with Gasteiger partial charge in [0.15, 0.2) is 5.82 Å². The van der Waals surface area contributed by atoms with E-state index >= 15 is 0 Å². The lowest BCUT2D eigenvalue weighted by atomic mass is 9.98. The Morgan fingerprint density at radius 3 is 2.31 bits per heavy atom. The van der Waals surface area contributed by atoms with Gasteiger partial charge < -0.3 is 5.73 Å². The number of nitrogens with one attached hydrogen (secondary N) is 1. The Labute approximate surface area is 203 Å². The van der Waals surface area contributed by atoms with Crippen molar-refractivity contribution in [2.75, 3.05) is 10.7 Å². The molecule has 1 aliphatic heterocycles. The number of benzene rings is 3. The molecule has 0 amide bonds. The Balaban J connectivity index is 1.48. The van der Waals surface area contributed by atoms with Crippen molar-refractivity contribution in [2.24, 2.45) is 5.10 Å². The Hall–Kier alpha value is -5.14. The van der Waals surface area contributed by atoms with Gasteiger partial charge in [0.05, 0.1) is 28.7 Å². The third-order valence-electron chi connectivity index (χ3n) is 5.97. The molecule has 0 spiro atoms. The monoisotopic (exact) mass is 455 g/mol. The van der Waals surface area contributed by atoms with Gasteiger partial charge >= 0.3 is 0 Å². The van der Waals surface area contributed by atoms with Crippen LogP contribution in [0.4, 0.5) is 11.5 Å². The van der Waals surface area contributed by atoms with Crippen LogP contribution in [0.15, 0.2) is 90.0 Å². The van der Waals surface area contributed by atoms with Gasteiger partial charge in [-0.15, -0.1) is 0 Å². The number of rotatable bonds is 5. The quantitative estimate of drug-likeness (QED) is 0.397. The minimum absolute atomic E-state index is 0.0760. The Bertz CT molecular complexity index is 1490. The van der Waals surface area contributed by atoms with Gasteiger partial charge in [0.25, 0.3) is 0 Å². The molecule has 7 heteroatoms. The molecule has 7 nitrogen and oxygen atoms in total. The van der Waals surface area contributed by atoms with Crippen molar-refractivity contribution in [3.8, 4) is 12.1 Å². The third kappa shape index (κ3) is 4.27. The predicted octanol–water partition coefficient (Wildman–Crippen LogP) is 5.28. The lowest BCUT2D eigenvalue weighted by Crippen LogP contribution is -2.18. The molecule has 3 N–H and O–H groups in total. The number of aromatic amines is 1. The zero-order valence-corrected chi connectivity index (χ0v) is 18.8. The highest BCUT2D eigenvalue weighted by molar-refractivity contribution is 6.03. The molecule has 1 aromatic heterocycles. The second-order valence-electron chi connectivity index (χ2n) is 8.12. The van der Waals surface area contributed by atoms with Crippen LogP contribution in [0.2, 0.25) is 0 Å². The third-order valence-corrected chi connectivity index (χ3v) is 5.97. The maximum atomic E-state index is 9.65. The highest BCUT2D eigenvalue weighted by atomic mass is 15.5. The summed E-state index contributed by atoms with van der Waals surface area (Å²) in [6.07, 6.45) is 2.50. The van der Waals surface area contributed by atoms with Crippen molar-refractivity contribution in [3.05, 3.63) is 113 Å². The molecule has 3 aromatic carbocycles. The number of anilines is 2. The van der Waals surface area contributed by atoms with Gasteiger partial charge in [0, 0.05) is 6.42 Å². The standard InChI is InChI=1S/C28H21N7/c29-17-22(27-24(18-30)28(31)33-32-27)15-19-11-13-23(14-12-19)35-26(21-9-5-2-6-10-21)16-25(34-35)20-7-3-1-4-8-20/h1-15,26H,16H2,(H3,31,32,33). The van der Waals surface area contributed by atoms with Crippen LogP contribution in [0.25, 0.3) is 11.6 Å². The summed E-state index contributed by atoms with van der Waals surface area (Å²) < 4.78 is 0. The first-order valence-corrected chi connectivity index (χ1v) is 11.1. The van der Waals surface area contributed by atoms with Crippen LogP contribution in [0.1, 0.15) is 40.4 Å². The first-order valence-electron chi connectivity index (χ1n) is 11.1. The molecule has 0 radical (unpaired) electrons. The molecule has 2 heterocycles. The summed E-state index contributed by atoms with van der Waals surface area (Å²) in [5.41, 5.74) is 11.6. The maximum absolute atomic E-state index is 9.65. The highest BCUT2D eigenvalue weighted by Gasteiger charge is 2.29. The van der Waals surface area contributed by atoms with E-state index in [1.54, 1.807) is 6.08 Å². The summed E-state index contributed by atoms with van der Waals surface area (Å²) in [5, 5.41) is 32.6. The van der Waals surface area contributed by atoms with E-state index in [2.05, 4.69) is 45.5 Å². The van der Waals surface area contributed by atoms with Gasteiger partial charge in [-0.3, -0.25) is 10.1 Å². The smallest absolute Gasteiger partial charge is 0.163 e. The van der Waals surface area contributed by atoms with Crippen molar-refractivity contribution in [1.29, 1.82) is 10.5 Å². The predicted molar refractivity (Wildman–Crippen MR) is 137 cm³/mol. The van der Waals surface area contributed by atoms with Crippen LogP contribution >= 0.6 is 0 Å². The van der Waals surface area contributed by atoms with Crippen molar-refractivity contribution in [2.45, 2.75) is 12.5 Å². The van der Waals surface area contributed by atoms with E-state index < -0.39 is 0 Å². The Morgan fingerprint density at radius 2 is 1.66 bits per heavy atom. The van der Waals surface area contributed by atoms with Gasteiger partial charge in [0.1, 0.15) is 17.7 Å². The minimum Gasteiger partial charge on any atom is -0.381 e. The van der Waals surface area contributed by atoms with Crippen molar-refractivity contribution >= 4 is 28.9 Å². The number of hydrogen-bond acceptors (Lipinski definition) is 6. The normalized spacial score (nSPS) is 15.4. The van der Waals surface area contributed by atoms with Crippen molar-refractivity contribution in [1.82, 2.24) is 10.2 Å². The van der Waals surface area contributed by atoms with Gasteiger partial charge in [-0.1, -0.05) is 72.8 Å². The maximum Gasteiger partial charge on any atom is 0.163 e. The second-order valence-corrected chi connectivity index (χ2v) is 8.12. The first-order chi connectivity index (χ1) is 17.2. The lowest BCUT2D eigenvalue weighted by Gasteiger charge is -2.24. The fourth-order valence-electron chi connectivity index (χ4n) is 4.20. The summed E-state index contributed by atoms with van der Waals surface area (Å²) >= 11 is 0. The molecule has 0 aliphatic carbocycles. The summed E-state index contributed by atoms with van der Waals surface area (Å²) in [4.78, 5) is 0. The van der Waals surface area contributed by atoms with Crippen LogP contribution in [0.5, 0.6) is 0 Å².